The summed E-state index contributed by atoms with van der Waals surface area (Å²) in [6.07, 6.45) is 5.80. The number of hydrogen-bond donors (Lipinski definition) is 1. The highest BCUT2D eigenvalue weighted by atomic mass is 16.5. The number of hydrogen-bond acceptors (Lipinski definition) is 4. The molecule has 0 bridgehead atoms. The summed E-state index contributed by atoms with van der Waals surface area (Å²) in [6.45, 7) is 2.63. The van der Waals surface area contributed by atoms with Crippen LogP contribution in [0.4, 0.5) is 0 Å². The zero-order valence-corrected chi connectivity index (χ0v) is 18.0. The molecule has 0 saturated heterocycles. The van der Waals surface area contributed by atoms with Gasteiger partial charge < -0.3 is 10.1 Å². The Morgan fingerprint density at radius 2 is 2.00 bits per heavy atom. The highest BCUT2D eigenvalue weighted by Crippen LogP contribution is 2.19. The van der Waals surface area contributed by atoms with Crippen LogP contribution in [-0.2, 0) is 24.2 Å². The topological polar surface area (TPSA) is 73.2 Å². The summed E-state index contributed by atoms with van der Waals surface area (Å²) < 4.78 is 7.47. The average Bonchev–Trinajstić information content (AvgIpc) is 3.03. The van der Waals surface area contributed by atoms with E-state index in [1.807, 2.05) is 25.1 Å². The minimum absolute atomic E-state index is 0.0219. The molecule has 0 spiro atoms. The number of benzene rings is 2. The molecule has 1 aliphatic heterocycles. The summed E-state index contributed by atoms with van der Waals surface area (Å²) >= 11 is 0. The van der Waals surface area contributed by atoms with Crippen molar-refractivity contribution in [3.05, 3.63) is 70.3 Å². The fourth-order valence-electron chi connectivity index (χ4n) is 4.05. The molecule has 1 atom stereocenters. The molecule has 0 saturated carbocycles. The lowest BCUT2D eigenvalue weighted by Crippen LogP contribution is -2.36. The second-order valence-electron chi connectivity index (χ2n) is 8.26. The van der Waals surface area contributed by atoms with Gasteiger partial charge in [-0.25, -0.2) is 4.98 Å². The lowest BCUT2D eigenvalue weighted by atomic mass is 10.1. The molecule has 0 radical (unpaired) electrons. The van der Waals surface area contributed by atoms with Gasteiger partial charge in [-0.05, 0) is 56.4 Å². The van der Waals surface area contributed by atoms with E-state index in [0.29, 0.717) is 23.2 Å². The van der Waals surface area contributed by atoms with Gasteiger partial charge in [-0.3, -0.25) is 14.2 Å². The van der Waals surface area contributed by atoms with Gasteiger partial charge in [0.15, 0.2) is 6.61 Å². The van der Waals surface area contributed by atoms with Gasteiger partial charge in [0.25, 0.3) is 11.5 Å². The Labute approximate surface area is 182 Å². The molecule has 2 aromatic carbocycles. The van der Waals surface area contributed by atoms with E-state index in [4.69, 9.17) is 4.74 Å². The first-order chi connectivity index (χ1) is 15.1. The number of amides is 1. The molecule has 3 aromatic rings. The van der Waals surface area contributed by atoms with Crippen LogP contribution >= 0.6 is 0 Å². The quantitative estimate of drug-likeness (QED) is 0.635. The Hall–Kier alpha value is -3.15. The normalized spacial score (nSPS) is 14.5. The maximum absolute atomic E-state index is 12.9. The first-order valence-electron chi connectivity index (χ1n) is 11.1. The molecule has 1 aliphatic rings. The van der Waals surface area contributed by atoms with Gasteiger partial charge in [-0.15, -0.1) is 0 Å². The Kier molecular flexibility index (Phi) is 6.65. The minimum atomic E-state index is -0.169. The summed E-state index contributed by atoms with van der Waals surface area (Å²) in [5.74, 6) is 1.21. The molecular weight excluding hydrogens is 390 g/mol. The Balaban J connectivity index is 1.35. The molecular formula is C25H29N3O3. The van der Waals surface area contributed by atoms with Gasteiger partial charge in [-0.2, -0.15) is 0 Å². The average molecular weight is 420 g/mol. The first kappa shape index (κ1) is 21.1. The van der Waals surface area contributed by atoms with Crippen LogP contribution in [0.25, 0.3) is 10.9 Å². The second-order valence-corrected chi connectivity index (χ2v) is 8.26. The van der Waals surface area contributed by atoms with Gasteiger partial charge in [0.05, 0.1) is 10.9 Å². The lowest BCUT2D eigenvalue weighted by Gasteiger charge is -2.15. The van der Waals surface area contributed by atoms with E-state index in [2.05, 4.69) is 22.4 Å². The van der Waals surface area contributed by atoms with Gasteiger partial charge in [-0.1, -0.05) is 36.8 Å². The lowest BCUT2D eigenvalue weighted by molar-refractivity contribution is -0.123. The molecule has 1 N–H and O–H groups in total. The van der Waals surface area contributed by atoms with Crippen molar-refractivity contribution in [1.29, 1.82) is 0 Å². The van der Waals surface area contributed by atoms with Gasteiger partial charge >= 0.3 is 0 Å². The summed E-state index contributed by atoms with van der Waals surface area (Å²) in [5.41, 5.74) is 1.92. The van der Waals surface area contributed by atoms with Crippen molar-refractivity contribution in [3.63, 3.8) is 0 Å². The predicted octanol–water partition coefficient (Wildman–Crippen LogP) is 3.64. The summed E-state index contributed by atoms with van der Waals surface area (Å²) in [7, 11) is 0. The van der Waals surface area contributed by atoms with Crippen molar-refractivity contribution in [3.8, 4) is 5.75 Å². The third kappa shape index (κ3) is 5.32. The SMILES string of the molecule is C[C@H](CCc1ccccc1)NC(=O)COc1ccc2nc3n(c(=O)c2c1)CCCCC3. The van der Waals surface area contributed by atoms with Crippen molar-refractivity contribution in [2.45, 2.75) is 58.0 Å². The van der Waals surface area contributed by atoms with Crippen LogP contribution < -0.4 is 15.6 Å². The standard InChI is InChI=1S/C25H29N3O3/c1-18(11-12-19-8-4-2-5-9-19)26-24(29)17-31-20-13-14-22-21(16-20)25(30)28-15-7-3-6-10-23(28)27-22/h2,4-5,8-9,13-14,16,18H,3,6-7,10-12,15,17H2,1H3,(H,26,29)/t18-/m1/s1. The molecule has 6 nitrogen and oxygen atoms in total. The number of fused-ring (bicyclic) bond motifs is 2. The number of rotatable bonds is 7. The molecule has 6 heteroatoms. The van der Waals surface area contributed by atoms with Gasteiger partial charge in [0.2, 0.25) is 0 Å². The third-order valence-electron chi connectivity index (χ3n) is 5.77. The van der Waals surface area contributed by atoms with Crippen LogP contribution in [0.1, 0.15) is 44.0 Å². The van der Waals surface area contributed by atoms with Crippen molar-refractivity contribution in [2.24, 2.45) is 0 Å². The molecule has 4 rings (SSSR count). The molecule has 162 valence electrons. The van der Waals surface area contributed by atoms with E-state index in [-0.39, 0.29) is 24.1 Å². The van der Waals surface area contributed by atoms with E-state index in [1.54, 1.807) is 22.8 Å². The Bertz CT molecular complexity index is 1110. The number of carbonyl (C=O) groups is 1. The number of nitrogens with one attached hydrogen (secondary N) is 1. The maximum Gasteiger partial charge on any atom is 0.261 e. The van der Waals surface area contributed by atoms with Crippen LogP contribution in [0.3, 0.4) is 0 Å². The zero-order chi connectivity index (χ0) is 21.6. The molecule has 1 amide bonds. The van der Waals surface area contributed by atoms with E-state index >= 15 is 0 Å². The van der Waals surface area contributed by atoms with E-state index < -0.39 is 0 Å². The van der Waals surface area contributed by atoms with Crippen molar-refractivity contribution < 1.29 is 9.53 Å². The third-order valence-corrected chi connectivity index (χ3v) is 5.77. The van der Waals surface area contributed by atoms with E-state index in [9.17, 15) is 9.59 Å². The largest absolute Gasteiger partial charge is 0.484 e. The second kappa shape index (κ2) is 9.77. The molecule has 31 heavy (non-hydrogen) atoms. The summed E-state index contributed by atoms with van der Waals surface area (Å²) in [6, 6.07) is 15.6. The Morgan fingerprint density at radius 1 is 1.16 bits per heavy atom. The first-order valence-corrected chi connectivity index (χ1v) is 11.1. The van der Waals surface area contributed by atoms with Crippen LogP contribution in [0.2, 0.25) is 0 Å². The number of nitrogens with zero attached hydrogens (tertiary/aromatic N) is 2. The molecule has 0 unspecified atom stereocenters. The molecule has 0 fully saturated rings. The monoisotopic (exact) mass is 419 g/mol. The predicted molar refractivity (Wildman–Crippen MR) is 121 cm³/mol. The van der Waals surface area contributed by atoms with Crippen LogP contribution in [0, 0.1) is 0 Å². The number of carbonyl (C=O) groups excluding carboxylic acids is 1. The van der Waals surface area contributed by atoms with Crippen LogP contribution in [-0.4, -0.2) is 28.1 Å². The number of aryl methyl sites for hydroxylation is 2. The van der Waals surface area contributed by atoms with Gasteiger partial charge in [0.1, 0.15) is 11.6 Å². The molecule has 2 heterocycles. The molecule has 1 aromatic heterocycles. The number of aromatic nitrogens is 2. The van der Waals surface area contributed by atoms with E-state index in [1.165, 1.54) is 5.56 Å². The smallest absolute Gasteiger partial charge is 0.261 e. The fourth-order valence-corrected chi connectivity index (χ4v) is 4.05. The van der Waals surface area contributed by atoms with Crippen LogP contribution in [0.5, 0.6) is 5.75 Å². The fraction of sp³-hybridized carbons (Fsp3) is 0.400. The minimum Gasteiger partial charge on any atom is -0.484 e. The summed E-state index contributed by atoms with van der Waals surface area (Å²) in [4.78, 5) is 29.9. The maximum atomic E-state index is 12.9. The van der Waals surface area contributed by atoms with Gasteiger partial charge in [0, 0.05) is 19.0 Å². The summed E-state index contributed by atoms with van der Waals surface area (Å²) in [5, 5.41) is 3.52. The van der Waals surface area contributed by atoms with Crippen molar-refractivity contribution >= 4 is 16.8 Å². The molecule has 0 aliphatic carbocycles. The highest BCUT2D eigenvalue weighted by molar-refractivity contribution is 5.80. The van der Waals surface area contributed by atoms with Crippen LogP contribution in [0.15, 0.2) is 53.3 Å². The van der Waals surface area contributed by atoms with Crippen molar-refractivity contribution in [2.75, 3.05) is 6.61 Å². The Morgan fingerprint density at radius 3 is 2.84 bits per heavy atom. The zero-order valence-electron chi connectivity index (χ0n) is 18.0. The van der Waals surface area contributed by atoms with Crippen molar-refractivity contribution in [1.82, 2.24) is 14.9 Å². The number of ether oxygens (including phenoxy) is 1. The highest BCUT2D eigenvalue weighted by Gasteiger charge is 2.15. The van der Waals surface area contributed by atoms with E-state index in [0.717, 1.165) is 44.3 Å².